The maximum absolute atomic E-state index is 12.3. The van der Waals surface area contributed by atoms with Crippen molar-refractivity contribution >= 4 is 31.6 Å². The van der Waals surface area contributed by atoms with Crippen molar-refractivity contribution in [1.29, 1.82) is 0 Å². The van der Waals surface area contributed by atoms with E-state index in [0.29, 0.717) is 11.2 Å². The Morgan fingerprint density at radius 3 is 2.67 bits per heavy atom. The van der Waals surface area contributed by atoms with Crippen molar-refractivity contribution in [3.8, 4) is 0 Å². The van der Waals surface area contributed by atoms with Gasteiger partial charge < -0.3 is 0 Å². The van der Waals surface area contributed by atoms with Gasteiger partial charge in [-0.2, -0.15) is 0 Å². The fraction of sp³-hybridized carbons (Fsp3) is 0.500. The van der Waals surface area contributed by atoms with Crippen molar-refractivity contribution < 1.29 is 8.42 Å². The topological polar surface area (TPSA) is 68.2 Å². The standard InChI is InChI=1S/C14H20N2O3S2/c1-4-6-10(3)15-21(18,19)11-7-8-12-13(9-11)20-14(17)16(12)5-2/h7-10,15H,4-6H2,1-3H3/t10-/m0/s1. The average molecular weight is 328 g/mol. The molecule has 1 aromatic heterocycles. The second kappa shape index (κ2) is 6.29. The Morgan fingerprint density at radius 1 is 1.33 bits per heavy atom. The van der Waals surface area contributed by atoms with Crippen LogP contribution < -0.4 is 9.60 Å². The highest BCUT2D eigenvalue weighted by Gasteiger charge is 2.18. The number of aromatic nitrogens is 1. The molecule has 1 aromatic carbocycles. The third-order valence-electron chi connectivity index (χ3n) is 3.34. The molecule has 0 aliphatic carbocycles. The fourth-order valence-electron chi connectivity index (χ4n) is 2.34. The average Bonchev–Trinajstić information content (AvgIpc) is 2.72. The van der Waals surface area contributed by atoms with Crippen LogP contribution in [0.4, 0.5) is 0 Å². The number of nitrogens with zero attached hydrogens (tertiary/aromatic N) is 1. The number of fused-ring (bicyclic) bond motifs is 1. The van der Waals surface area contributed by atoms with Crippen LogP contribution in [-0.4, -0.2) is 19.0 Å². The van der Waals surface area contributed by atoms with Crippen LogP contribution in [0.5, 0.6) is 0 Å². The summed E-state index contributed by atoms with van der Waals surface area (Å²) in [6, 6.07) is 4.74. The first-order chi connectivity index (χ1) is 9.89. The van der Waals surface area contributed by atoms with Crippen LogP contribution >= 0.6 is 11.3 Å². The highest BCUT2D eigenvalue weighted by atomic mass is 32.2. The van der Waals surface area contributed by atoms with Crippen LogP contribution in [0, 0.1) is 0 Å². The van der Waals surface area contributed by atoms with Crippen molar-refractivity contribution in [2.24, 2.45) is 0 Å². The summed E-state index contributed by atoms with van der Waals surface area (Å²) < 4.78 is 29.7. The lowest BCUT2D eigenvalue weighted by Crippen LogP contribution is -2.32. The quantitative estimate of drug-likeness (QED) is 0.886. The van der Waals surface area contributed by atoms with E-state index in [9.17, 15) is 13.2 Å². The van der Waals surface area contributed by atoms with Crippen molar-refractivity contribution in [2.75, 3.05) is 0 Å². The molecule has 0 aliphatic heterocycles. The smallest absolute Gasteiger partial charge is 0.299 e. The summed E-state index contributed by atoms with van der Waals surface area (Å²) in [5, 5.41) is 0. The molecule has 0 spiro atoms. The lowest BCUT2D eigenvalue weighted by Gasteiger charge is -2.13. The Morgan fingerprint density at radius 2 is 2.05 bits per heavy atom. The summed E-state index contributed by atoms with van der Waals surface area (Å²) in [5.74, 6) is 0. The van der Waals surface area contributed by atoms with E-state index in [1.165, 1.54) is 0 Å². The lowest BCUT2D eigenvalue weighted by atomic mass is 10.2. The maximum Gasteiger partial charge on any atom is 0.308 e. The molecule has 0 aliphatic rings. The highest BCUT2D eigenvalue weighted by Crippen LogP contribution is 2.22. The molecule has 0 radical (unpaired) electrons. The minimum absolute atomic E-state index is 0.0608. The number of hydrogen-bond donors (Lipinski definition) is 1. The van der Waals surface area contributed by atoms with Crippen LogP contribution in [0.1, 0.15) is 33.6 Å². The largest absolute Gasteiger partial charge is 0.308 e. The molecular weight excluding hydrogens is 308 g/mol. The van der Waals surface area contributed by atoms with E-state index in [4.69, 9.17) is 0 Å². The van der Waals surface area contributed by atoms with E-state index in [-0.39, 0.29) is 15.8 Å². The summed E-state index contributed by atoms with van der Waals surface area (Å²) in [6.45, 7) is 6.34. The van der Waals surface area contributed by atoms with Crippen molar-refractivity contribution in [3.63, 3.8) is 0 Å². The molecule has 0 fully saturated rings. The van der Waals surface area contributed by atoms with E-state index >= 15 is 0 Å². The molecule has 2 rings (SSSR count). The third-order valence-corrected chi connectivity index (χ3v) is 5.87. The number of aryl methyl sites for hydroxylation is 1. The van der Waals surface area contributed by atoms with Gasteiger partial charge >= 0.3 is 4.87 Å². The first-order valence-corrected chi connectivity index (χ1v) is 9.34. The maximum atomic E-state index is 12.3. The van der Waals surface area contributed by atoms with Crippen LogP contribution in [0.3, 0.4) is 0 Å². The van der Waals surface area contributed by atoms with Gasteiger partial charge in [0.1, 0.15) is 0 Å². The molecule has 0 bridgehead atoms. The van der Waals surface area contributed by atoms with Gasteiger partial charge in [0.25, 0.3) is 0 Å². The summed E-state index contributed by atoms with van der Waals surface area (Å²) in [4.78, 5) is 12.0. The molecule has 1 heterocycles. The van der Waals surface area contributed by atoms with Crippen LogP contribution in [0.2, 0.25) is 0 Å². The molecular formula is C14H20N2O3S2. The van der Waals surface area contributed by atoms with Gasteiger partial charge in [-0.1, -0.05) is 24.7 Å². The monoisotopic (exact) mass is 328 g/mol. The second-order valence-electron chi connectivity index (χ2n) is 5.05. The molecule has 1 N–H and O–H groups in total. The van der Waals surface area contributed by atoms with Gasteiger partial charge in [0.2, 0.25) is 10.0 Å². The molecule has 7 heteroatoms. The van der Waals surface area contributed by atoms with Gasteiger partial charge in [-0.25, -0.2) is 13.1 Å². The number of thiazole rings is 1. The van der Waals surface area contributed by atoms with Gasteiger partial charge in [-0.05, 0) is 38.5 Å². The normalized spacial score (nSPS) is 13.7. The Bertz CT molecular complexity index is 790. The molecule has 0 saturated heterocycles. The van der Waals surface area contributed by atoms with Gasteiger partial charge in [0, 0.05) is 12.6 Å². The Labute approximate surface area is 128 Å². The summed E-state index contributed by atoms with van der Waals surface area (Å²) in [5.41, 5.74) is 0.785. The van der Waals surface area contributed by atoms with Crippen molar-refractivity contribution in [1.82, 2.24) is 9.29 Å². The summed E-state index contributed by atoms with van der Waals surface area (Å²) in [6.07, 6.45) is 1.71. The Hall–Kier alpha value is -1.18. The van der Waals surface area contributed by atoms with Gasteiger partial charge in [-0.15, -0.1) is 0 Å². The Balaban J connectivity index is 2.41. The zero-order valence-electron chi connectivity index (χ0n) is 12.4. The van der Waals surface area contributed by atoms with Crippen LogP contribution in [-0.2, 0) is 16.6 Å². The number of rotatable bonds is 6. The number of nitrogens with one attached hydrogen (secondary N) is 1. The van der Waals surface area contributed by atoms with E-state index in [0.717, 1.165) is 29.7 Å². The SMILES string of the molecule is CCC[C@H](C)NS(=O)(=O)c1ccc2c(c1)sc(=O)n2CC. The molecule has 0 unspecified atom stereocenters. The zero-order chi connectivity index (χ0) is 15.6. The predicted octanol–water partition coefficient (Wildman–Crippen LogP) is 2.55. The molecule has 1 atom stereocenters. The first-order valence-electron chi connectivity index (χ1n) is 7.04. The third kappa shape index (κ3) is 3.36. The van der Waals surface area contributed by atoms with E-state index < -0.39 is 10.0 Å². The molecule has 21 heavy (non-hydrogen) atoms. The fourth-order valence-corrected chi connectivity index (χ4v) is 4.71. The predicted molar refractivity (Wildman–Crippen MR) is 86.5 cm³/mol. The van der Waals surface area contributed by atoms with Crippen LogP contribution in [0.25, 0.3) is 10.2 Å². The van der Waals surface area contributed by atoms with E-state index in [1.807, 2.05) is 20.8 Å². The molecule has 0 amide bonds. The second-order valence-corrected chi connectivity index (χ2v) is 7.76. The minimum Gasteiger partial charge on any atom is -0.299 e. The molecule has 0 saturated carbocycles. The number of hydrogen-bond acceptors (Lipinski definition) is 4. The Kier molecular flexibility index (Phi) is 4.85. The highest BCUT2D eigenvalue weighted by molar-refractivity contribution is 7.89. The van der Waals surface area contributed by atoms with Crippen molar-refractivity contribution in [3.05, 3.63) is 27.9 Å². The molecule has 2 aromatic rings. The van der Waals surface area contributed by atoms with E-state index in [1.54, 1.807) is 22.8 Å². The summed E-state index contributed by atoms with van der Waals surface area (Å²) >= 11 is 1.08. The summed E-state index contributed by atoms with van der Waals surface area (Å²) in [7, 11) is -3.54. The van der Waals surface area contributed by atoms with Gasteiger partial charge in [0.05, 0.1) is 15.1 Å². The molecule has 116 valence electrons. The zero-order valence-corrected chi connectivity index (χ0v) is 14.1. The van der Waals surface area contributed by atoms with Gasteiger partial charge in [0.15, 0.2) is 0 Å². The minimum atomic E-state index is -3.54. The van der Waals surface area contributed by atoms with Gasteiger partial charge in [-0.3, -0.25) is 9.36 Å². The van der Waals surface area contributed by atoms with E-state index in [2.05, 4.69) is 4.72 Å². The lowest BCUT2D eigenvalue weighted by molar-refractivity contribution is 0.544. The van der Waals surface area contributed by atoms with Crippen LogP contribution in [0.15, 0.2) is 27.9 Å². The first kappa shape index (κ1) is 16.2. The number of sulfonamides is 1. The number of benzene rings is 1. The van der Waals surface area contributed by atoms with Crippen molar-refractivity contribution in [2.45, 2.75) is 51.1 Å². The molecule has 5 nitrogen and oxygen atoms in total.